The second-order valence-corrected chi connectivity index (χ2v) is 4.33. The summed E-state index contributed by atoms with van der Waals surface area (Å²) in [6, 6.07) is 0. The Hall–Kier alpha value is -0.690. The van der Waals surface area contributed by atoms with Crippen LogP contribution in [-0.4, -0.2) is 53.1 Å². The number of rotatable bonds is 7. The van der Waals surface area contributed by atoms with Crippen LogP contribution in [0.3, 0.4) is 0 Å². The number of carbonyl (C=O) groups excluding carboxylic acids is 1. The number of amides is 1. The van der Waals surface area contributed by atoms with Crippen molar-refractivity contribution in [1.29, 1.82) is 0 Å². The highest BCUT2D eigenvalue weighted by Gasteiger charge is 2.33. The van der Waals surface area contributed by atoms with Gasteiger partial charge < -0.3 is 26.4 Å². The van der Waals surface area contributed by atoms with E-state index < -0.39 is 31.3 Å². The van der Waals surface area contributed by atoms with E-state index in [1.807, 2.05) is 13.8 Å². The highest BCUT2D eigenvalue weighted by Crippen LogP contribution is 2.11. The molecule has 1 unspecified atom stereocenters. The van der Waals surface area contributed by atoms with E-state index in [1.165, 1.54) is 0 Å². The average molecular weight is 234 g/mol. The first-order chi connectivity index (χ1) is 7.46. The molecule has 16 heavy (non-hydrogen) atoms. The van der Waals surface area contributed by atoms with Crippen molar-refractivity contribution in [3.8, 4) is 0 Å². The van der Waals surface area contributed by atoms with Gasteiger partial charge in [-0.25, -0.2) is 0 Å². The fourth-order valence-corrected chi connectivity index (χ4v) is 1.30. The van der Waals surface area contributed by atoms with E-state index in [9.17, 15) is 4.79 Å². The lowest BCUT2D eigenvalue weighted by Crippen LogP contribution is -2.59. The third kappa shape index (κ3) is 3.71. The van der Waals surface area contributed by atoms with Gasteiger partial charge in [0.15, 0.2) is 0 Å². The minimum absolute atomic E-state index is 0.0544. The van der Waals surface area contributed by atoms with Gasteiger partial charge in [-0.1, -0.05) is 13.8 Å². The van der Waals surface area contributed by atoms with E-state index >= 15 is 0 Å². The summed E-state index contributed by atoms with van der Waals surface area (Å²) in [6.07, 6.45) is 0. The molecular formula is C10H22N2O4. The topological polar surface area (TPSA) is 116 Å². The van der Waals surface area contributed by atoms with Gasteiger partial charge in [0.25, 0.3) is 0 Å². The monoisotopic (exact) mass is 234 g/mol. The Kier molecular flexibility index (Phi) is 6.51. The molecule has 0 aliphatic heterocycles. The molecular weight excluding hydrogens is 212 g/mol. The number of nitrogens with one attached hydrogen (secondary N) is 1. The fraction of sp³-hybridized carbons (Fsp3) is 0.900. The molecule has 0 bridgehead atoms. The van der Waals surface area contributed by atoms with Crippen LogP contribution in [0.1, 0.15) is 13.8 Å². The van der Waals surface area contributed by atoms with Gasteiger partial charge in [0.05, 0.1) is 25.7 Å². The molecule has 0 saturated heterocycles. The highest BCUT2D eigenvalue weighted by atomic mass is 16.3. The number of aliphatic hydroxyl groups is 3. The van der Waals surface area contributed by atoms with Gasteiger partial charge in [-0.15, -0.1) is 0 Å². The number of hydrogen-bond donors (Lipinski definition) is 5. The summed E-state index contributed by atoms with van der Waals surface area (Å²) in [5.74, 6) is -0.711. The lowest BCUT2D eigenvalue weighted by molar-refractivity contribution is -0.130. The molecule has 0 aliphatic carbocycles. The lowest BCUT2D eigenvalue weighted by atomic mass is 9.93. The van der Waals surface area contributed by atoms with Gasteiger partial charge in [-0.2, -0.15) is 0 Å². The Morgan fingerprint density at radius 3 is 1.94 bits per heavy atom. The second kappa shape index (κ2) is 6.80. The van der Waals surface area contributed by atoms with E-state index in [0.717, 1.165) is 0 Å². The normalized spacial score (nSPS) is 13.9. The van der Waals surface area contributed by atoms with Gasteiger partial charge in [0.2, 0.25) is 5.91 Å². The van der Waals surface area contributed by atoms with Crippen molar-refractivity contribution < 1.29 is 20.1 Å². The average Bonchev–Trinajstić information content (AvgIpc) is 2.26. The number of nitrogens with two attached hydrogens (primary N) is 1. The van der Waals surface area contributed by atoms with Crippen LogP contribution in [-0.2, 0) is 4.79 Å². The summed E-state index contributed by atoms with van der Waals surface area (Å²) < 4.78 is 0. The minimum atomic E-state index is -1.38. The summed E-state index contributed by atoms with van der Waals surface area (Å²) in [5, 5.41) is 29.6. The van der Waals surface area contributed by atoms with Crippen LogP contribution in [0.25, 0.3) is 0 Å². The molecule has 1 amide bonds. The first-order valence-corrected chi connectivity index (χ1v) is 5.31. The molecule has 0 heterocycles. The largest absolute Gasteiger partial charge is 0.394 e. The summed E-state index contributed by atoms with van der Waals surface area (Å²) in [6.45, 7) is 2.32. The molecule has 0 rings (SSSR count). The minimum Gasteiger partial charge on any atom is -0.394 e. The predicted molar refractivity (Wildman–Crippen MR) is 59.5 cm³/mol. The number of hydrogen-bond acceptors (Lipinski definition) is 5. The van der Waals surface area contributed by atoms with Crippen LogP contribution in [0.2, 0.25) is 0 Å². The molecule has 0 aromatic rings. The molecule has 0 aliphatic rings. The van der Waals surface area contributed by atoms with Crippen molar-refractivity contribution in [3.05, 3.63) is 0 Å². The quantitative estimate of drug-likeness (QED) is 0.351. The van der Waals surface area contributed by atoms with E-state index in [1.54, 1.807) is 0 Å². The van der Waals surface area contributed by atoms with Crippen molar-refractivity contribution in [1.82, 2.24) is 5.32 Å². The molecule has 0 radical (unpaired) electrons. The summed E-state index contributed by atoms with van der Waals surface area (Å²) >= 11 is 0. The van der Waals surface area contributed by atoms with Crippen molar-refractivity contribution in [2.24, 2.45) is 17.6 Å². The van der Waals surface area contributed by atoms with Crippen LogP contribution in [0.15, 0.2) is 0 Å². The first kappa shape index (κ1) is 15.3. The SMILES string of the molecule is CC(C)C(CN)C(=O)NC(CO)(CO)CO. The second-order valence-electron chi connectivity index (χ2n) is 4.33. The van der Waals surface area contributed by atoms with Crippen molar-refractivity contribution in [2.75, 3.05) is 26.4 Å². The summed E-state index contributed by atoms with van der Waals surface area (Å²) in [7, 11) is 0. The predicted octanol–water partition coefficient (Wildman–Crippen LogP) is -1.95. The van der Waals surface area contributed by atoms with Gasteiger partial charge in [-0.05, 0) is 5.92 Å². The molecule has 6 heteroatoms. The first-order valence-electron chi connectivity index (χ1n) is 5.31. The van der Waals surface area contributed by atoms with Gasteiger partial charge in [0, 0.05) is 6.54 Å². The standard InChI is InChI=1S/C10H22N2O4/c1-7(2)8(3-11)9(16)12-10(4-13,5-14)6-15/h7-8,13-15H,3-6,11H2,1-2H3,(H,12,16). The molecule has 0 fully saturated rings. The molecule has 0 aromatic heterocycles. The lowest BCUT2D eigenvalue weighted by Gasteiger charge is -2.31. The highest BCUT2D eigenvalue weighted by molar-refractivity contribution is 5.80. The van der Waals surface area contributed by atoms with E-state index in [0.29, 0.717) is 0 Å². The van der Waals surface area contributed by atoms with Crippen molar-refractivity contribution in [2.45, 2.75) is 19.4 Å². The maximum Gasteiger partial charge on any atom is 0.225 e. The van der Waals surface area contributed by atoms with E-state index in [4.69, 9.17) is 21.1 Å². The molecule has 0 spiro atoms. The van der Waals surface area contributed by atoms with Gasteiger partial charge in [0.1, 0.15) is 5.54 Å². The Bertz CT molecular complexity index is 209. The fourth-order valence-electron chi connectivity index (χ4n) is 1.30. The summed E-state index contributed by atoms with van der Waals surface area (Å²) in [5.41, 5.74) is 4.09. The zero-order chi connectivity index (χ0) is 12.8. The van der Waals surface area contributed by atoms with E-state index in [-0.39, 0.29) is 18.4 Å². The van der Waals surface area contributed by atoms with Crippen LogP contribution in [0, 0.1) is 11.8 Å². The molecule has 1 atom stereocenters. The number of aliphatic hydroxyl groups excluding tert-OH is 3. The third-order valence-electron chi connectivity index (χ3n) is 2.69. The number of carbonyl (C=O) groups is 1. The van der Waals surface area contributed by atoms with Crippen molar-refractivity contribution >= 4 is 5.91 Å². The molecule has 6 nitrogen and oxygen atoms in total. The van der Waals surface area contributed by atoms with E-state index in [2.05, 4.69) is 5.32 Å². The van der Waals surface area contributed by atoms with Gasteiger partial charge in [-0.3, -0.25) is 4.79 Å². The molecule has 0 saturated carbocycles. The third-order valence-corrected chi connectivity index (χ3v) is 2.69. The molecule has 96 valence electrons. The zero-order valence-corrected chi connectivity index (χ0v) is 9.81. The summed E-state index contributed by atoms with van der Waals surface area (Å²) in [4.78, 5) is 11.8. The molecule has 0 aromatic carbocycles. The molecule has 6 N–H and O–H groups in total. The smallest absolute Gasteiger partial charge is 0.225 e. The van der Waals surface area contributed by atoms with Crippen LogP contribution < -0.4 is 11.1 Å². The Labute approximate surface area is 95.5 Å². The van der Waals surface area contributed by atoms with Crippen LogP contribution >= 0.6 is 0 Å². The zero-order valence-electron chi connectivity index (χ0n) is 9.81. The van der Waals surface area contributed by atoms with Gasteiger partial charge >= 0.3 is 0 Å². The maximum atomic E-state index is 11.8. The Morgan fingerprint density at radius 1 is 1.25 bits per heavy atom. The Balaban J connectivity index is 4.62. The maximum absolute atomic E-state index is 11.8. The Morgan fingerprint density at radius 2 is 1.69 bits per heavy atom. The van der Waals surface area contributed by atoms with Crippen LogP contribution in [0.5, 0.6) is 0 Å². The van der Waals surface area contributed by atoms with Crippen LogP contribution in [0.4, 0.5) is 0 Å². The van der Waals surface area contributed by atoms with Crippen molar-refractivity contribution in [3.63, 3.8) is 0 Å².